The Kier molecular flexibility index (Phi) is 5.13. The lowest BCUT2D eigenvalue weighted by Crippen LogP contribution is -2.03. The lowest BCUT2D eigenvalue weighted by molar-refractivity contribution is 0.627. The Hall–Kier alpha value is -1.24. The Balaban J connectivity index is 4.82. The number of hydrogen-bond donors (Lipinski definition) is 1. The molecule has 84 valence electrons. The van der Waals surface area contributed by atoms with Crippen LogP contribution >= 0.6 is 0 Å². The molecule has 0 aromatic rings. The number of rotatable bonds is 4. The molecule has 0 spiro atoms. The fourth-order valence-electron chi connectivity index (χ4n) is 1.02. The van der Waals surface area contributed by atoms with Crippen LogP contribution < -0.4 is 5.73 Å². The Labute approximate surface area is 94.1 Å². The van der Waals surface area contributed by atoms with Crippen molar-refractivity contribution in [2.45, 2.75) is 34.6 Å². The Morgan fingerprint density at radius 3 is 2.13 bits per heavy atom. The van der Waals surface area contributed by atoms with Crippen molar-refractivity contribution in [2.75, 3.05) is 0 Å². The van der Waals surface area contributed by atoms with Crippen LogP contribution in [-0.2, 0) is 0 Å². The summed E-state index contributed by atoms with van der Waals surface area (Å²) in [6.45, 7) is 14.1. The zero-order valence-corrected chi connectivity index (χ0v) is 10.6. The maximum Gasteiger partial charge on any atom is 0.0340 e. The second-order valence-electron chi connectivity index (χ2n) is 4.72. The summed E-state index contributed by atoms with van der Waals surface area (Å²) in [6, 6.07) is 0. The van der Waals surface area contributed by atoms with Crippen molar-refractivity contribution in [2.24, 2.45) is 11.1 Å². The van der Waals surface area contributed by atoms with Crippen LogP contribution in [0.5, 0.6) is 0 Å². The molecule has 1 nitrogen and oxygen atoms in total. The zero-order chi connectivity index (χ0) is 12.1. The molecule has 0 saturated carbocycles. The highest BCUT2D eigenvalue weighted by atomic mass is 14.6. The summed E-state index contributed by atoms with van der Waals surface area (Å²) in [7, 11) is 0. The van der Waals surface area contributed by atoms with Crippen LogP contribution in [0.4, 0.5) is 0 Å². The van der Waals surface area contributed by atoms with Gasteiger partial charge in [0.25, 0.3) is 0 Å². The molecule has 0 fully saturated rings. The molecule has 0 heterocycles. The SMILES string of the molecule is C=CC(C)(C)C=C/C(N)=C(/C)C=C(C)C. The van der Waals surface area contributed by atoms with E-state index in [9.17, 15) is 0 Å². The lowest BCUT2D eigenvalue weighted by atomic mass is 9.93. The molecule has 0 saturated heterocycles. The van der Waals surface area contributed by atoms with Gasteiger partial charge in [0.2, 0.25) is 0 Å². The third kappa shape index (κ3) is 5.95. The average Bonchev–Trinajstić information content (AvgIpc) is 2.13. The topological polar surface area (TPSA) is 26.0 Å². The minimum absolute atomic E-state index is 0.00409. The molecule has 0 radical (unpaired) electrons. The van der Waals surface area contributed by atoms with Crippen LogP contribution in [0.1, 0.15) is 34.6 Å². The molecule has 0 amide bonds. The van der Waals surface area contributed by atoms with Crippen molar-refractivity contribution in [3.8, 4) is 0 Å². The second-order valence-corrected chi connectivity index (χ2v) is 4.72. The monoisotopic (exact) mass is 205 g/mol. The Bertz CT molecular complexity index is 310. The highest BCUT2D eigenvalue weighted by Gasteiger charge is 2.06. The van der Waals surface area contributed by atoms with E-state index in [-0.39, 0.29) is 5.41 Å². The molecule has 0 aliphatic carbocycles. The number of nitrogens with two attached hydrogens (primary N) is 1. The molecule has 2 N–H and O–H groups in total. The van der Waals surface area contributed by atoms with Gasteiger partial charge in [0.1, 0.15) is 0 Å². The quantitative estimate of drug-likeness (QED) is 0.545. The fourth-order valence-corrected chi connectivity index (χ4v) is 1.02. The predicted octanol–water partition coefficient (Wildman–Crippen LogP) is 3.95. The van der Waals surface area contributed by atoms with Gasteiger partial charge in [-0.1, -0.05) is 37.6 Å². The van der Waals surface area contributed by atoms with Crippen LogP contribution in [0.15, 0.2) is 47.7 Å². The molecule has 0 unspecified atom stereocenters. The van der Waals surface area contributed by atoms with Crippen molar-refractivity contribution in [3.05, 3.63) is 47.7 Å². The molecular weight excluding hydrogens is 182 g/mol. The van der Waals surface area contributed by atoms with Gasteiger partial charge in [-0.3, -0.25) is 0 Å². The predicted molar refractivity (Wildman–Crippen MR) is 69.4 cm³/mol. The molecule has 0 rings (SSSR count). The standard InChI is InChI=1S/C14H23N/c1-7-14(5,6)9-8-13(15)12(4)10-11(2)3/h7-10H,1,15H2,2-6H3/b9-8?,13-12+. The van der Waals surface area contributed by atoms with E-state index >= 15 is 0 Å². The van der Waals surface area contributed by atoms with E-state index < -0.39 is 0 Å². The summed E-state index contributed by atoms with van der Waals surface area (Å²) in [5.41, 5.74) is 9.11. The van der Waals surface area contributed by atoms with E-state index in [0.29, 0.717) is 0 Å². The fraction of sp³-hybridized carbons (Fsp3) is 0.429. The van der Waals surface area contributed by atoms with Gasteiger partial charge in [-0.25, -0.2) is 0 Å². The lowest BCUT2D eigenvalue weighted by Gasteiger charge is -2.13. The van der Waals surface area contributed by atoms with E-state index in [1.54, 1.807) is 0 Å². The van der Waals surface area contributed by atoms with Crippen LogP contribution in [0.3, 0.4) is 0 Å². The maximum absolute atomic E-state index is 5.94. The molecule has 0 bridgehead atoms. The maximum atomic E-state index is 5.94. The molecule has 0 atom stereocenters. The second kappa shape index (κ2) is 5.59. The average molecular weight is 205 g/mol. The first kappa shape index (κ1) is 13.8. The minimum Gasteiger partial charge on any atom is -0.399 e. The van der Waals surface area contributed by atoms with Crippen molar-refractivity contribution >= 4 is 0 Å². The first-order valence-corrected chi connectivity index (χ1v) is 5.22. The van der Waals surface area contributed by atoms with E-state index in [2.05, 4.69) is 46.4 Å². The van der Waals surface area contributed by atoms with Crippen molar-refractivity contribution < 1.29 is 0 Å². The summed E-state index contributed by atoms with van der Waals surface area (Å²) < 4.78 is 0. The van der Waals surface area contributed by atoms with Crippen molar-refractivity contribution in [1.82, 2.24) is 0 Å². The highest BCUT2D eigenvalue weighted by molar-refractivity contribution is 5.31. The van der Waals surface area contributed by atoms with Gasteiger partial charge in [0, 0.05) is 11.1 Å². The smallest absolute Gasteiger partial charge is 0.0340 e. The summed E-state index contributed by atoms with van der Waals surface area (Å²) in [5.74, 6) is 0. The van der Waals surface area contributed by atoms with Crippen molar-refractivity contribution in [3.63, 3.8) is 0 Å². The van der Waals surface area contributed by atoms with Gasteiger partial charge < -0.3 is 5.73 Å². The molecule has 1 heteroatoms. The molecule has 0 aliphatic heterocycles. The van der Waals surface area contributed by atoms with E-state index in [1.807, 2.05) is 19.1 Å². The van der Waals surface area contributed by atoms with Gasteiger partial charge in [-0.15, -0.1) is 6.58 Å². The summed E-state index contributed by atoms with van der Waals surface area (Å²) in [5, 5.41) is 0. The normalized spacial score (nSPS) is 13.7. The van der Waals surface area contributed by atoms with E-state index in [4.69, 9.17) is 5.73 Å². The highest BCUT2D eigenvalue weighted by Crippen LogP contribution is 2.18. The van der Waals surface area contributed by atoms with Gasteiger partial charge in [-0.05, 0) is 32.4 Å². The third-order valence-electron chi connectivity index (χ3n) is 2.18. The molecule has 0 aliphatic rings. The van der Waals surface area contributed by atoms with Crippen LogP contribution in [0.2, 0.25) is 0 Å². The molecule has 15 heavy (non-hydrogen) atoms. The molecule has 0 aromatic carbocycles. The van der Waals surface area contributed by atoms with Gasteiger partial charge in [0.05, 0.1) is 0 Å². The zero-order valence-electron chi connectivity index (χ0n) is 10.6. The first-order valence-electron chi connectivity index (χ1n) is 5.22. The molecule has 0 aromatic heterocycles. The summed E-state index contributed by atoms with van der Waals surface area (Å²) in [6.07, 6.45) is 8.02. The molecular formula is C14H23N. The van der Waals surface area contributed by atoms with Crippen molar-refractivity contribution in [1.29, 1.82) is 0 Å². The number of allylic oxidation sites excluding steroid dienone is 6. The van der Waals surface area contributed by atoms with Gasteiger partial charge in [-0.2, -0.15) is 0 Å². The van der Waals surface area contributed by atoms with Crippen LogP contribution in [-0.4, -0.2) is 0 Å². The largest absolute Gasteiger partial charge is 0.399 e. The summed E-state index contributed by atoms with van der Waals surface area (Å²) in [4.78, 5) is 0. The minimum atomic E-state index is -0.00409. The third-order valence-corrected chi connectivity index (χ3v) is 2.18. The van der Waals surface area contributed by atoms with Gasteiger partial charge in [0.15, 0.2) is 0 Å². The Morgan fingerprint density at radius 1 is 1.20 bits per heavy atom. The van der Waals surface area contributed by atoms with Gasteiger partial charge >= 0.3 is 0 Å². The summed E-state index contributed by atoms with van der Waals surface area (Å²) >= 11 is 0. The van der Waals surface area contributed by atoms with Crippen LogP contribution in [0, 0.1) is 5.41 Å². The van der Waals surface area contributed by atoms with Crippen LogP contribution in [0.25, 0.3) is 0 Å². The Morgan fingerprint density at radius 2 is 1.73 bits per heavy atom. The van der Waals surface area contributed by atoms with E-state index in [1.165, 1.54) is 5.57 Å². The number of hydrogen-bond acceptors (Lipinski definition) is 1. The first-order chi connectivity index (χ1) is 6.78. The van der Waals surface area contributed by atoms with E-state index in [0.717, 1.165) is 11.3 Å².